The number of rotatable bonds is 5. The summed E-state index contributed by atoms with van der Waals surface area (Å²) in [4.78, 5) is 40.6. The number of benzene rings is 1. The number of thioether (sulfide) groups is 1. The highest BCUT2D eigenvalue weighted by Crippen LogP contribution is 2.29. The number of aromatic nitrogens is 3. The lowest BCUT2D eigenvalue weighted by Gasteiger charge is -2.35. The van der Waals surface area contributed by atoms with E-state index in [0.717, 1.165) is 28.0 Å². The lowest BCUT2D eigenvalue weighted by atomic mass is 10.1. The lowest BCUT2D eigenvalue weighted by molar-refractivity contribution is 0.0740. The van der Waals surface area contributed by atoms with Crippen molar-refractivity contribution >= 4 is 34.4 Å². The van der Waals surface area contributed by atoms with Crippen molar-refractivity contribution in [2.75, 3.05) is 44.4 Å². The molecule has 1 N–H and O–H groups in total. The van der Waals surface area contributed by atoms with E-state index in [-0.39, 0.29) is 17.2 Å². The molecule has 31 heavy (non-hydrogen) atoms. The van der Waals surface area contributed by atoms with Crippen molar-refractivity contribution < 1.29 is 9.53 Å². The van der Waals surface area contributed by atoms with E-state index in [1.165, 1.54) is 6.07 Å². The Labute approximate surface area is 184 Å². The Hall–Kier alpha value is -3.07. The molecule has 0 unspecified atom stereocenters. The average molecular weight is 440 g/mol. The third-order valence-electron chi connectivity index (χ3n) is 5.40. The van der Waals surface area contributed by atoms with Crippen molar-refractivity contribution in [3.63, 3.8) is 0 Å². The second kappa shape index (κ2) is 8.97. The zero-order chi connectivity index (χ0) is 22.0. The summed E-state index contributed by atoms with van der Waals surface area (Å²) in [6.45, 7) is 4.45. The number of carbonyl (C=O) groups excluding carboxylic acids is 1. The van der Waals surface area contributed by atoms with Gasteiger partial charge in [0, 0.05) is 37.6 Å². The van der Waals surface area contributed by atoms with E-state index in [2.05, 4.69) is 27.9 Å². The van der Waals surface area contributed by atoms with Crippen molar-refractivity contribution in [3.05, 3.63) is 57.8 Å². The van der Waals surface area contributed by atoms with Gasteiger partial charge in [0.2, 0.25) is 0 Å². The molecular weight excluding hydrogens is 414 g/mol. The first-order valence-corrected chi connectivity index (χ1v) is 11.5. The standard InChI is InChI=1S/C22H25N5O3S/c1-14-11-19(25-21-15(14)5-4-6-17(21)30-2)26-7-9-27(10-8-26)22(29)16-12-20(28)24-18(23-16)13-31-3/h4-6,11-12H,7-10,13H2,1-3H3,(H,23,24,28). The molecule has 8 nitrogen and oxygen atoms in total. The van der Waals surface area contributed by atoms with Crippen LogP contribution in [-0.2, 0) is 5.75 Å². The highest BCUT2D eigenvalue weighted by atomic mass is 32.2. The Morgan fingerprint density at radius 3 is 2.68 bits per heavy atom. The number of aryl methyl sites for hydroxylation is 1. The number of H-pyrrole nitrogens is 1. The topological polar surface area (TPSA) is 91.4 Å². The molecule has 0 aliphatic carbocycles. The number of methoxy groups -OCH3 is 1. The molecule has 1 aliphatic heterocycles. The molecule has 1 amide bonds. The van der Waals surface area contributed by atoms with Crippen LogP contribution in [0.1, 0.15) is 21.9 Å². The molecule has 1 aromatic carbocycles. The second-order valence-electron chi connectivity index (χ2n) is 7.44. The molecule has 162 valence electrons. The first-order chi connectivity index (χ1) is 15.0. The SMILES string of the molecule is COc1cccc2c(C)cc(N3CCN(C(=O)c4cc(=O)[nH]c(CSC)n4)CC3)nc12. The number of fused-ring (bicyclic) bond motifs is 1. The number of hydrogen-bond acceptors (Lipinski definition) is 7. The summed E-state index contributed by atoms with van der Waals surface area (Å²) in [5.41, 5.74) is 1.87. The monoisotopic (exact) mass is 439 g/mol. The van der Waals surface area contributed by atoms with Crippen LogP contribution in [0, 0.1) is 6.92 Å². The smallest absolute Gasteiger partial charge is 0.272 e. The van der Waals surface area contributed by atoms with Crippen LogP contribution in [0.3, 0.4) is 0 Å². The predicted octanol–water partition coefficient (Wildman–Crippen LogP) is 2.46. The number of amides is 1. The molecule has 1 fully saturated rings. The van der Waals surface area contributed by atoms with Crippen LogP contribution in [0.25, 0.3) is 10.9 Å². The number of nitrogens with one attached hydrogen (secondary N) is 1. The molecule has 0 atom stereocenters. The van der Waals surface area contributed by atoms with E-state index in [0.29, 0.717) is 37.8 Å². The lowest BCUT2D eigenvalue weighted by Crippen LogP contribution is -2.49. The molecule has 3 aromatic rings. The van der Waals surface area contributed by atoms with Crippen LogP contribution in [0.4, 0.5) is 5.82 Å². The third-order valence-corrected chi connectivity index (χ3v) is 5.96. The van der Waals surface area contributed by atoms with Crippen LogP contribution >= 0.6 is 11.8 Å². The highest BCUT2D eigenvalue weighted by Gasteiger charge is 2.25. The maximum absolute atomic E-state index is 12.9. The van der Waals surface area contributed by atoms with Gasteiger partial charge in [0.25, 0.3) is 11.5 Å². The van der Waals surface area contributed by atoms with Gasteiger partial charge in [-0.3, -0.25) is 9.59 Å². The molecular formula is C22H25N5O3S. The van der Waals surface area contributed by atoms with Gasteiger partial charge in [0.1, 0.15) is 28.6 Å². The van der Waals surface area contributed by atoms with Gasteiger partial charge >= 0.3 is 0 Å². The number of anilines is 1. The van der Waals surface area contributed by atoms with Crippen molar-refractivity contribution in [2.24, 2.45) is 0 Å². The van der Waals surface area contributed by atoms with Gasteiger partial charge in [0.05, 0.1) is 12.9 Å². The molecule has 3 heterocycles. The number of carbonyl (C=O) groups is 1. The number of aromatic amines is 1. The molecule has 1 saturated heterocycles. The molecule has 4 rings (SSSR count). The van der Waals surface area contributed by atoms with E-state index in [1.807, 2.05) is 24.5 Å². The predicted molar refractivity (Wildman–Crippen MR) is 123 cm³/mol. The third kappa shape index (κ3) is 4.36. The zero-order valence-electron chi connectivity index (χ0n) is 17.8. The first-order valence-electron chi connectivity index (χ1n) is 10.1. The normalized spacial score (nSPS) is 14.2. The molecule has 0 saturated carbocycles. The molecule has 0 radical (unpaired) electrons. The van der Waals surface area contributed by atoms with Crippen molar-refractivity contribution in [2.45, 2.75) is 12.7 Å². The van der Waals surface area contributed by atoms with E-state index >= 15 is 0 Å². The Balaban J connectivity index is 1.51. The average Bonchev–Trinajstić information content (AvgIpc) is 2.78. The van der Waals surface area contributed by atoms with Gasteiger partial charge in [-0.05, 0) is 30.9 Å². The van der Waals surface area contributed by atoms with Crippen LogP contribution in [0.15, 0.2) is 35.1 Å². The summed E-state index contributed by atoms with van der Waals surface area (Å²) in [7, 11) is 1.65. The van der Waals surface area contributed by atoms with E-state index < -0.39 is 0 Å². The number of hydrogen-bond donors (Lipinski definition) is 1. The van der Waals surface area contributed by atoms with Crippen LogP contribution in [0.2, 0.25) is 0 Å². The molecule has 0 bridgehead atoms. The minimum absolute atomic E-state index is 0.200. The number of nitrogens with zero attached hydrogens (tertiary/aromatic N) is 4. The maximum atomic E-state index is 12.9. The Morgan fingerprint density at radius 1 is 1.19 bits per heavy atom. The van der Waals surface area contributed by atoms with Gasteiger partial charge in [0.15, 0.2) is 0 Å². The summed E-state index contributed by atoms with van der Waals surface area (Å²) >= 11 is 1.54. The fourth-order valence-corrected chi connectivity index (χ4v) is 4.23. The molecule has 0 spiro atoms. The maximum Gasteiger partial charge on any atom is 0.272 e. The minimum Gasteiger partial charge on any atom is -0.494 e. The summed E-state index contributed by atoms with van der Waals surface area (Å²) in [5.74, 6) is 2.49. The van der Waals surface area contributed by atoms with Crippen LogP contribution < -0.4 is 15.2 Å². The fourth-order valence-electron chi connectivity index (χ4n) is 3.82. The van der Waals surface area contributed by atoms with Gasteiger partial charge in [-0.1, -0.05) is 12.1 Å². The number of ether oxygens (including phenoxy) is 1. The van der Waals surface area contributed by atoms with E-state index in [9.17, 15) is 9.59 Å². The van der Waals surface area contributed by atoms with Gasteiger partial charge in [-0.25, -0.2) is 9.97 Å². The van der Waals surface area contributed by atoms with Crippen LogP contribution in [-0.4, -0.2) is 65.3 Å². The van der Waals surface area contributed by atoms with Gasteiger partial charge < -0.3 is 19.5 Å². The molecule has 2 aromatic heterocycles. The summed E-state index contributed by atoms with van der Waals surface area (Å²) < 4.78 is 5.49. The van der Waals surface area contributed by atoms with E-state index in [4.69, 9.17) is 9.72 Å². The van der Waals surface area contributed by atoms with Crippen molar-refractivity contribution in [1.29, 1.82) is 0 Å². The Morgan fingerprint density at radius 2 is 1.97 bits per heavy atom. The summed E-state index contributed by atoms with van der Waals surface area (Å²) in [6.07, 6.45) is 1.92. The largest absolute Gasteiger partial charge is 0.494 e. The van der Waals surface area contributed by atoms with Crippen molar-refractivity contribution in [1.82, 2.24) is 19.9 Å². The van der Waals surface area contributed by atoms with Gasteiger partial charge in [-0.2, -0.15) is 11.8 Å². The minimum atomic E-state index is -0.300. The summed E-state index contributed by atoms with van der Waals surface area (Å²) in [5, 5.41) is 1.07. The van der Waals surface area contributed by atoms with Crippen LogP contribution in [0.5, 0.6) is 5.75 Å². The van der Waals surface area contributed by atoms with Gasteiger partial charge in [-0.15, -0.1) is 0 Å². The number of piperazine rings is 1. The number of pyridine rings is 1. The number of para-hydroxylation sites is 1. The van der Waals surface area contributed by atoms with Crippen molar-refractivity contribution in [3.8, 4) is 5.75 Å². The molecule has 9 heteroatoms. The Kier molecular flexibility index (Phi) is 6.13. The fraction of sp³-hybridized carbons (Fsp3) is 0.364. The quantitative estimate of drug-likeness (QED) is 0.653. The van der Waals surface area contributed by atoms with E-state index in [1.54, 1.807) is 23.8 Å². The second-order valence-corrected chi connectivity index (χ2v) is 8.31. The molecule has 1 aliphatic rings. The highest BCUT2D eigenvalue weighted by molar-refractivity contribution is 7.97. The zero-order valence-corrected chi connectivity index (χ0v) is 18.7. The summed E-state index contributed by atoms with van der Waals surface area (Å²) in [6, 6.07) is 9.27. The first kappa shape index (κ1) is 21.2. The Bertz CT molecular complexity index is 1170.